The summed E-state index contributed by atoms with van der Waals surface area (Å²) in [5.74, 6) is -0.0688. The number of hydrogen-bond donors (Lipinski definition) is 2. The molecule has 0 bridgehead atoms. The number of hydrogen-bond acceptors (Lipinski definition) is 3. The van der Waals surface area contributed by atoms with E-state index in [9.17, 15) is 8.78 Å². The van der Waals surface area contributed by atoms with Gasteiger partial charge in [0.2, 0.25) is 0 Å². The van der Waals surface area contributed by atoms with E-state index in [0.717, 1.165) is 47.6 Å². The molecule has 0 saturated heterocycles. The van der Waals surface area contributed by atoms with Gasteiger partial charge in [0.15, 0.2) is 0 Å². The first kappa shape index (κ1) is 20.6. The number of pyridine rings is 1. The van der Waals surface area contributed by atoms with Gasteiger partial charge in [-0.25, -0.2) is 13.8 Å². The molecule has 3 nitrogen and oxygen atoms in total. The third kappa shape index (κ3) is 5.08. The number of anilines is 2. The molecule has 1 heterocycles. The van der Waals surface area contributed by atoms with Gasteiger partial charge in [0.05, 0.1) is 5.02 Å². The van der Waals surface area contributed by atoms with Gasteiger partial charge in [-0.3, -0.25) is 0 Å². The van der Waals surface area contributed by atoms with Crippen molar-refractivity contribution in [1.29, 1.82) is 0 Å². The zero-order valence-corrected chi connectivity index (χ0v) is 17.4. The molecule has 0 amide bonds. The quantitative estimate of drug-likeness (QED) is 0.443. The lowest BCUT2D eigenvalue weighted by atomic mass is 9.95. The molecule has 0 radical (unpaired) electrons. The fraction of sp³-hybridized carbons (Fsp3) is 0.292. The van der Waals surface area contributed by atoms with Crippen molar-refractivity contribution in [2.75, 3.05) is 10.6 Å². The van der Waals surface area contributed by atoms with Crippen LogP contribution < -0.4 is 10.6 Å². The van der Waals surface area contributed by atoms with Gasteiger partial charge in [-0.05, 0) is 54.8 Å². The molecule has 2 aromatic carbocycles. The highest BCUT2D eigenvalue weighted by atomic mass is 35.5. The maximum absolute atomic E-state index is 13.9. The Balaban J connectivity index is 1.51. The molecular weight excluding hydrogens is 404 g/mol. The molecule has 156 valence electrons. The van der Waals surface area contributed by atoms with Gasteiger partial charge in [-0.15, -0.1) is 0 Å². The van der Waals surface area contributed by atoms with Gasteiger partial charge in [0, 0.05) is 35.6 Å². The first-order valence-electron chi connectivity index (χ1n) is 10.3. The smallest absolute Gasteiger partial charge is 0.128 e. The highest BCUT2D eigenvalue weighted by molar-refractivity contribution is 6.33. The van der Waals surface area contributed by atoms with Crippen molar-refractivity contribution in [1.82, 2.24) is 4.98 Å². The second-order valence-corrected chi connectivity index (χ2v) is 8.11. The second-order valence-electron chi connectivity index (χ2n) is 7.70. The van der Waals surface area contributed by atoms with Crippen LogP contribution in [-0.2, 0) is 6.54 Å². The zero-order valence-electron chi connectivity index (χ0n) is 16.6. The molecule has 0 unspecified atom stereocenters. The fourth-order valence-corrected chi connectivity index (χ4v) is 4.08. The molecule has 0 aliphatic heterocycles. The van der Waals surface area contributed by atoms with Crippen molar-refractivity contribution in [2.45, 2.75) is 44.7 Å². The monoisotopic (exact) mass is 427 g/mol. The first-order chi connectivity index (χ1) is 14.6. The van der Waals surface area contributed by atoms with Crippen molar-refractivity contribution in [2.24, 2.45) is 0 Å². The van der Waals surface area contributed by atoms with Crippen LogP contribution in [0.5, 0.6) is 0 Å². The summed E-state index contributed by atoms with van der Waals surface area (Å²) in [5.41, 5.74) is 2.89. The van der Waals surface area contributed by atoms with Crippen LogP contribution in [0.3, 0.4) is 0 Å². The second kappa shape index (κ2) is 9.43. The molecule has 2 N–H and O–H groups in total. The lowest BCUT2D eigenvalue weighted by molar-refractivity contribution is 0.462. The largest absolute Gasteiger partial charge is 0.381 e. The van der Waals surface area contributed by atoms with Crippen LogP contribution in [-0.4, -0.2) is 11.0 Å². The Bertz CT molecular complexity index is 1020. The summed E-state index contributed by atoms with van der Waals surface area (Å²) >= 11 is 6.44. The summed E-state index contributed by atoms with van der Waals surface area (Å²) in [6, 6.07) is 13.6. The number of rotatable bonds is 6. The summed E-state index contributed by atoms with van der Waals surface area (Å²) in [4.78, 5) is 4.44. The Morgan fingerprint density at radius 1 is 1.00 bits per heavy atom. The molecule has 1 aromatic heterocycles. The van der Waals surface area contributed by atoms with Crippen molar-refractivity contribution in [3.05, 3.63) is 76.9 Å². The average Bonchev–Trinajstić information content (AvgIpc) is 2.77. The Kier molecular flexibility index (Phi) is 6.48. The van der Waals surface area contributed by atoms with E-state index in [-0.39, 0.29) is 12.1 Å². The van der Waals surface area contributed by atoms with Crippen molar-refractivity contribution >= 4 is 23.1 Å². The molecule has 0 spiro atoms. The number of halogens is 3. The van der Waals surface area contributed by atoms with Crippen LogP contribution >= 0.6 is 11.6 Å². The summed E-state index contributed by atoms with van der Waals surface area (Å²) in [6.07, 6.45) is 7.79. The molecule has 4 rings (SSSR count). The van der Waals surface area contributed by atoms with Gasteiger partial charge >= 0.3 is 0 Å². The Morgan fingerprint density at radius 2 is 1.83 bits per heavy atom. The minimum absolute atomic E-state index is 0.186. The predicted octanol–water partition coefficient (Wildman–Crippen LogP) is 7.04. The Labute approximate surface area is 180 Å². The zero-order chi connectivity index (χ0) is 20.9. The molecule has 30 heavy (non-hydrogen) atoms. The molecule has 1 aliphatic carbocycles. The third-order valence-electron chi connectivity index (χ3n) is 5.48. The van der Waals surface area contributed by atoms with Crippen LogP contribution in [0.15, 0.2) is 54.7 Å². The highest BCUT2D eigenvalue weighted by Gasteiger charge is 2.15. The van der Waals surface area contributed by atoms with Gasteiger partial charge < -0.3 is 10.6 Å². The normalized spacial score (nSPS) is 14.5. The molecule has 0 atom stereocenters. The summed E-state index contributed by atoms with van der Waals surface area (Å²) in [5, 5.41) is 7.25. The van der Waals surface area contributed by atoms with Gasteiger partial charge in [0.1, 0.15) is 17.5 Å². The average molecular weight is 428 g/mol. The lowest BCUT2D eigenvalue weighted by Gasteiger charge is -2.23. The maximum Gasteiger partial charge on any atom is 0.128 e. The van der Waals surface area contributed by atoms with Crippen LogP contribution in [0.1, 0.15) is 37.7 Å². The maximum atomic E-state index is 13.9. The third-order valence-corrected chi connectivity index (χ3v) is 5.78. The van der Waals surface area contributed by atoms with E-state index in [1.807, 2.05) is 30.3 Å². The van der Waals surface area contributed by atoms with Crippen molar-refractivity contribution < 1.29 is 8.78 Å². The summed E-state index contributed by atoms with van der Waals surface area (Å²) in [6.45, 7) is 0.186. The van der Waals surface area contributed by atoms with Crippen LogP contribution in [0, 0.1) is 11.6 Å². The van der Waals surface area contributed by atoms with Gasteiger partial charge in [-0.1, -0.05) is 43.0 Å². The highest BCUT2D eigenvalue weighted by Crippen LogP contribution is 2.32. The SMILES string of the molecule is Fc1ccc(F)c(CNc2cccc(-c3cc(NC4CCCCC4)ncc3Cl)c2)c1. The summed E-state index contributed by atoms with van der Waals surface area (Å²) < 4.78 is 27.3. The van der Waals surface area contributed by atoms with Crippen molar-refractivity contribution in [3.63, 3.8) is 0 Å². The van der Waals surface area contributed by atoms with E-state index in [4.69, 9.17) is 11.6 Å². The van der Waals surface area contributed by atoms with Crippen LogP contribution in [0.2, 0.25) is 5.02 Å². The molecule has 3 aromatic rings. The number of benzene rings is 2. The Morgan fingerprint density at radius 3 is 2.67 bits per heavy atom. The van der Waals surface area contributed by atoms with E-state index < -0.39 is 11.6 Å². The Hall–Kier alpha value is -2.66. The molecule has 6 heteroatoms. The van der Waals surface area contributed by atoms with Crippen molar-refractivity contribution in [3.8, 4) is 11.1 Å². The number of nitrogens with one attached hydrogen (secondary N) is 2. The molecule has 1 saturated carbocycles. The van der Waals surface area contributed by atoms with E-state index in [0.29, 0.717) is 11.1 Å². The lowest BCUT2D eigenvalue weighted by Crippen LogP contribution is -2.22. The van der Waals surface area contributed by atoms with Crippen LogP contribution in [0.4, 0.5) is 20.3 Å². The molecule has 1 aliphatic rings. The number of aromatic nitrogens is 1. The van der Waals surface area contributed by atoms with Gasteiger partial charge in [0.25, 0.3) is 0 Å². The summed E-state index contributed by atoms with van der Waals surface area (Å²) in [7, 11) is 0. The van der Waals surface area contributed by atoms with E-state index in [1.54, 1.807) is 6.20 Å². The predicted molar refractivity (Wildman–Crippen MR) is 119 cm³/mol. The minimum Gasteiger partial charge on any atom is -0.381 e. The topological polar surface area (TPSA) is 37.0 Å². The first-order valence-corrected chi connectivity index (χ1v) is 10.7. The van der Waals surface area contributed by atoms with E-state index >= 15 is 0 Å². The van der Waals surface area contributed by atoms with Gasteiger partial charge in [-0.2, -0.15) is 0 Å². The standard InChI is InChI=1S/C24H24ClF2N3/c25-22-15-29-24(30-19-6-2-1-3-7-19)13-21(22)16-5-4-8-20(12-16)28-14-17-11-18(26)9-10-23(17)27/h4-5,8-13,15,19,28H,1-3,6-7,14H2,(H,29,30). The fourth-order valence-electron chi connectivity index (χ4n) is 3.87. The minimum atomic E-state index is -0.455. The van der Waals surface area contributed by atoms with E-state index in [1.165, 1.54) is 25.3 Å². The van der Waals surface area contributed by atoms with E-state index in [2.05, 4.69) is 15.6 Å². The van der Waals surface area contributed by atoms with Crippen LogP contribution in [0.25, 0.3) is 11.1 Å². The number of nitrogens with zero attached hydrogens (tertiary/aromatic N) is 1. The molecule has 1 fully saturated rings. The molecular formula is C24H24ClF2N3.